The first kappa shape index (κ1) is 11.6. The Morgan fingerprint density at radius 2 is 2.35 bits per heavy atom. The number of thiazole rings is 1. The van der Waals surface area contributed by atoms with E-state index in [2.05, 4.69) is 4.98 Å². The third-order valence-corrected chi connectivity index (χ3v) is 2.85. The van der Waals surface area contributed by atoms with Crippen molar-refractivity contribution in [3.8, 4) is 5.75 Å². The Morgan fingerprint density at radius 3 is 3.06 bits per heavy atom. The summed E-state index contributed by atoms with van der Waals surface area (Å²) < 4.78 is 5.53. The first-order chi connectivity index (χ1) is 8.24. The number of benzene rings is 1. The highest BCUT2D eigenvalue weighted by Gasteiger charge is 2.03. The van der Waals surface area contributed by atoms with Crippen LogP contribution in [-0.4, -0.2) is 16.1 Å². The minimum absolute atomic E-state index is 0.00838. The number of aliphatic carboxylic acids is 1. The zero-order chi connectivity index (χ0) is 12.1. The number of hydrogen-bond donors (Lipinski definition) is 1. The van der Waals surface area contributed by atoms with Crippen molar-refractivity contribution in [1.29, 1.82) is 0 Å². The van der Waals surface area contributed by atoms with Gasteiger partial charge in [-0.15, -0.1) is 11.3 Å². The van der Waals surface area contributed by atoms with Crippen LogP contribution >= 0.6 is 11.3 Å². The number of hydrogen-bond acceptors (Lipinski definition) is 4. The van der Waals surface area contributed by atoms with Gasteiger partial charge in [0.25, 0.3) is 0 Å². The molecule has 1 aromatic carbocycles. The summed E-state index contributed by atoms with van der Waals surface area (Å²) in [5.74, 6) is -0.180. The minimum Gasteiger partial charge on any atom is -0.486 e. The second-order valence-electron chi connectivity index (χ2n) is 3.43. The van der Waals surface area contributed by atoms with E-state index < -0.39 is 5.97 Å². The molecule has 0 aliphatic rings. The van der Waals surface area contributed by atoms with E-state index in [9.17, 15) is 4.79 Å². The summed E-state index contributed by atoms with van der Waals surface area (Å²) in [6.07, 6.45) is 1.73. The molecule has 0 aliphatic heterocycles. The quantitative estimate of drug-likeness (QED) is 0.883. The van der Waals surface area contributed by atoms with Crippen LogP contribution in [0.15, 0.2) is 35.8 Å². The summed E-state index contributed by atoms with van der Waals surface area (Å²) in [5, 5.41) is 11.5. The first-order valence-corrected chi connectivity index (χ1v) is 5.94. The highest BCUT2D eigenvalue weighted by atomic mass is 32.1. The summed E-state index contributed by atoms with van der Waals surface area (Å²) >= 11 is 1.53. The highest BCUT2D eigenvalue weighted by molar-refractivity contribution is 7.09. The van der Waals surface area contributed by atoms with Gasteiger partial charge in [-0.05, 0) is 17.7 Å². The summed E-state index contributed by atoms with van der Waals surface area (Å²) in [4.78, 5) is 14.7. The molecule has 17 heavy (non-hydrogen) atoms. The number of ether oxygens (including phenoxy) is 1. The molecule has 5 heteroatoms. The molecule has 0 amide bonds. The minimum atomic E-state index is -0.845. The van der Waals surface area contributed by atoms with Gasteiger partial charge in [-0.2, -0.15) is 0 Å². The van der Waals surface area contributed by atoms with Gasteiger partial charge < -0.3 is 9.84 Å². The molecule has 2 rings (SSSR count). The Hall–Kier alpha value is -1.88. The lowest BCUT2D eigenvalue weighted by Crippen LogP contribution is -2.00. The molecule has 0 spiro atoms. The number of carboxylic acids is 1. The summed E-state index contributed by atoms with van der Waals surface area (Å²) in [6.45, 7) is 0.411. The molecular weight excluding hydrogens is 238 g/mol. The predicted molar refractivity (Wildman–Crippen MR) is 64.2 cm³/mol. The Balaban J connectivity index is 1.98. The molecule has 1 heterocycles. The van der Waals surface area contributed by atoms with E-state index in [1.807, 2.05) is 5.38 Å². The van der Waals surface area contributed by atoms with Gasteiger partial charge in [0.2, 0.25) is 0 Å². The van der Waals surface area contributed by atoms with Gasteiger partial charge in [-0.3, -0.25) is 4.79 Å². The monoisotopic (exact) mass is 249 g/mol. The predicted octanol–water partition coefficient (Wildman–Crippen LogP) is 2.35. The molecule has 0 fully saturated rings. The normalized spacial score (nSPS) is 10.1. The smallest absolute Gasteiger partial charge is 0.307 e. The standard InChI is InChI=1S/C12H11NO3S/c14-12(15)7-9-2-1-3-10(6-9)16-8-11-13-4-5-17-11/h1-6H,7-8H2,(H,14,15). The molecule has 1 N–H and O–H groups in total. The van der Waals surface area contributed by atoms with Crippen LogP contribution in [-0.2, 0) is 17.8 Å². The van der Waals surface area contributed by atoms with Crippen molar-refractivity contribution < 1.29 is 14.6 Å². The van der Waals surface area contributed by atoms with Crippen LogP contribution in [0.5, 0.6) is 5.75 Å². The van der Waals surface area contributed by atoms with Crippen molar-refractivity contribution in [2.75, 3.05) is 0 Å². The topological polar surface area (TPSA) is 59.4 Å². The molecule has 0 atom stereocenters. The number of carbonyl (C=O) groups is 1. The van der Waals surface area contributed by atoms with Crippen molar-refractivity contribution in [3.05, 3.63) is 46.4 Å². The van der Waals surface area contributed by atoms with Crippen LogP contribution in [0.3, 0.4) is 0 Å². The SMILES string of the molecule is O=C(O)Cc1cccc(OCc2nccs2)c1. The van der Waals surface area contributed by atoms with E-state index in [0.29, 0.717) is 12.4 Å². The number of nitrogens with zero attached hydrogens (tertiary/aromatic N) is 1. The van der Waals surface area contributed by atoms with E-state index in [0.717, 1.165) is 10.6 Å². The largest absolute Gasteiger partial charge is 0.486 e. The van der Waals surface area contributed by atoms with Crippen LogP contribution in [0.25, 0.3) is 0 Å². The zero-order valence-corrected chi connectivity index (χ0v) is 9.81. The van der Waals surface area contributed by atoms with Crippen LogP contribution in [0, 0.1) is 0 Å². The molecule has 2 aromatic rings. The molecule has 88 valence electrons. The fourth-order valence-electron chi connectivity index (χ4n) is 1.39. The molecule has 0 radical (unpaired) electrons. The molecule has 1 aromatic heterocycles. The molecule has 0 unspecified atom stereocenters. The maximum absolute atomic E-state index is 10.6. The zero-order valence-electron chi connectivity index (χ0n) is 9.00. The van der Waals surface area contributed by atoms with Crippen molar-refractivity contribution in [1.82, 2.24) is 4.98 Å². The Morgan fingerprint density at radius 1 is 1.47 bits per heavy atom. The second kappa shape index (κ2) is 5.45. The fraction of sp³-hybridized carbons (Fsp3) is 0.167. The lowest BCUT2D eigenvalue weighted by atomic mass is 10.1. The van der Waals surface area contributed by atoms with Gasteiger partial charge >= 0.3 is 5.97 Å². The van der Waals surface area contributed by atoms with Crippen molar-refractivity contribution in [3.63, 3.8) is 0 Å². The first-order valence-electron chi connectivity index (χ1n) is 5.06. The second-order valence-corrected chi connectivity index (χ2v) is 4.41. The number of aromatic nitrogens is 1. The molecular formula is C12H11NO3S. The van der Waals surface area contributed by atoms with Gasteiger partial charge in [0, 0.05) is 11.6 Å². The summed E-state index contributed by atoms with van der Waals surface area (Å²) in [6, 6.07) is 7.10. The average Bonchev–Trinajstić information content (AvgIpc) is 2.79. The summed E-state index contributed by atoms with van der Waals surface area (Å²) in [5.41, 5.74) is 0.731. The lowest BCUT2D eigenvalue weighted by Gasteiger charge is -2.05. The third-order valence-electron chi connectivity index (χ3n) is 2.10. The van der Waals surface area contributed by atoms with Crippen molar-refractivity contribution in [2.24, 2.45) is 0 Å². The van der Waals surface area contributed by atoms with Crippen molar-refractivity contribution in [2.45, 2.75) is 13.0 Å². The Labute approximate surface area is 103 Å². The molecule has 0 saturated heterocycles. The maximum Gasteiger partial charge on any atom is 0.307 e. The average molecular weight is 249 g/mol. The third kappa shape index (κ3) is 3.57. The van der Waals surface area contributed by atoms with Crippen molar-refractivity contribution >= 4 is 17.3 Å². The highest BCUT2D eigenvalue weighted by Crippen LogP contribution is 2.16. The number of carboxylic acid groups (broad SMARTS) is 1. The van der Waals surface area contributed by atoms with E-state index >= 15 is 0 Å². The fourth-order valence-corrected chi connectivity index (χ4v) is 1.92. The van der Waals surface area contributed by atoms with E-state index in [1.165, 1.54) is 11.3 Å². The molecule has 0 aliphatic carbocycles. The van der Waals surface area contributed by atoms with Crippen LogP contribution < -0.4 is 4.74 Å². The summed E-state index contributed by atoms with van der Waals surface area (Å²) in [7, 11) is 0. The molecule has 4 nitrogen and oxygen atoms in total. The van der Waals surface area contributed by atoms with Crippen LogP contribution in [0.2, 0.25) is 0 Å². The van der Waals surface area contributed by atoms with Crippen LogP contribution in [0.1, 0.15) is 10.6 Å². The van der Waals surface area contributed by atoms with Gasteiger partial charge in [0.1, 0.15) is 17.4 Å². The lowest BCUT2D eigenvalue weighted by molar-refractivity contribution is -0.136. The molecule has 0 bridgehead atoms. The van der Waals surface area contributed by atoms with Gasteiger partial charge in [-0.1, -0.05) is 12.1 Å². The van der Waals surface area contributed by atoms with E-state index in [4.69, 9.17) is 9.84 Å². The van der Waals surface area contributed by atoms with Gasteiger partial charge in [0.05, 0.1) is 6.42 Å². The molecule has 0 saturated carbocycles. The van der Waals surface area contributed by atoms with Crippen LogP contribution in [0.4, 0.5) is 0 Å². The Bertz CT molecular complexity index is 496. The number of rotatable bonds is 5. The van der Waals surface area contributed by atoms with E-state index in [-0.39, 0.29) is 6.42 Å². The Kier molecular flexibility index (Phi) is 3.72. The van der Waals surface area contributed by atoms with E-state index in [1.54, 1.807) is 30.5 Å². The van der Waals surface area contributed by atoms with Gasteiger partial charge in [0.15, 0.2) is 0 Å². The van der Waals surface area contributed by atoms with Gasteiger partial charge in [-0.25, -0.2) is 4.98 Å². The maximum atomic E-state index is 10.6.